The highest BCUT2D eigenvalue weighted by molar-refractivity contribution is 6.33. The summed E-state index contributed by atoms with van der Waals surface area (Å²) in [4.78, 5) is 4.25. The number of nitrogens with zero attached hydrogens (tertiary/aromatic N) is 2. The van der Waals surface area contributed by atoms with Gasteiger partial charge >= 0.3 is 6.18 Å². The summed E-state index contributed by atoms with van der Waals surface area (Å²) in [6.07, 6.45) is -1.92. The van der Waals surface area contributed by atoms with Gasteiger partial charge < -0.3 is 9.72 Å². The van der Waals surface area contributed by atoms with Crippen molar-refractivity contribution in [1.82, 2.24) is 9.38 Å². The minimum atomic E-state index is -4.44. The average molecular weight is 326 g/mol. The van der Waals surface area contributed by atoms with Crippen LogP contribution in [0, 0.1) is 0 Å². The summed E-state index contributed by atoms with van der Waals surface area (Å²) in [7, 11) is 0. The molecule has 0 unspecified atom stereocenters. The van der Waals surface area contributed by atoms with Gasteiger partial charge in [0.2, 0.25) is 0 Å². The standard InChI is InChI=1S/C15H11ClF3N3/c16-13-6-10(15(17,18)19)8-22-9-12(21-14(13)22)7-20-11-4-2-1-3-5-11/h1-6,8-9,20H,7H2. The van der Waals surface area contributed by atoms with Crippen molar-refractivity contribution in [1.29, 1.82) is 0 Å². The van der Waals surface area contributed by atoms with Crippen molar-refractivity contribution in [2.24, 2.45) is 0 Å². The first kappa shape index (κ1) is 14.7. The molecule has 2 aromatic heterocycles. The molecule has 0 fully saturated rings. The number of imidazole rings is 1. The molecule has 0 amide bonds. The third-order valence-electron chi connectivity index (χ3n) is 3.13. The summed E-state index contributed by atoms with van der Waals surface area (Å²) in [6, 6.07) is 10.3. The monoisotopic (exact) mass is 325 g/mol. The van der Waals surface area contributed by atoms with E-state index in [1.807, 2.05) is 30.3 Å². The maximum absolute atomic E-state index is 12.8. The molecule has 0 aliphatic heterocycles. The Bertz CT molecular complexity index is 797. The minimum Gasteiger partial charge on any atom is -0.379 e. The van der Waals surface area contributed by atoms with Crippen molar-refractivity contribution < 1.29 is 13.2 Å². The summed E-state index contributed by atoms with van der Waals surface area (Å²) in [5, 5.41) is 3.12. The number of rotatable bonds is 3. The Morgan fingerprint density at radius 2 is 1.86 bits per heavy atom. The Hall–Kier alpha value is -2.21. The Morgan fingerprint density at radius 3 is 2.55 bits per heavy atom. The highest BCUT2D eigenvalue weighted by Gasteiger charge is 2.31. The lowest BCUT2D eigenvalue weighted by atomic mass is 10.3. The van der Waals surface area contributed by atoms with Crippen LogP contribution in [0.25, 0.3) is 5.65 Å². The Kier molecular flexibility index (Phi) is 3.70. The summed E-state index contributed by atoms with van der Waals surface area (Å²) >= 11 is 5.89. The number of benzene rings is 1. The number of hydrogen-bond donors (Lipinski definition) is 1. The van der Waals surface area contributed by atoms with Crippen LogP contribution in [-0.4, -0.2) is 9.38 Å². The van der Waals surface area contributed by atoms with E-state index in [4.69, 9.17) is 11.6 Å². The largest absolute Gasteiger partial charge is 0.417 e. The van der Waals surface area contributed by atoms with Crippen LogP contribution in [0.3, 0.4) is 0 Å². The SMILES string of the molecule is FC(F)(F)c1cc(Cl)c2nc(CNc3ccccc3)cn2c1. The number of anilines is 1. The molecule has 0 bridgehead atoms. The molecule has 0 atom stereocenters. The third kappa shape index (κ3) is 3.01. The number of alkyl halides is 3. The smallest absolute Gasteiger partial charge is 0.379 e. The van der Waals surface area contributed by atoms with E-state index in [0.717, 1.165) is 18.0 Å². The van der Waals surface area contributed by atoms with Crippen molar-refractivity contribution in [2.45, 2.75) is 12.7 Å². The molecule has 0 aliphatic rings. The number of aromatic nitrogens is 2. The molecule has 0 aliphatic carbocycles. The van der Waals surface area contributed by atoms with E-state index in [1.165, 1.54) is 10.6 Å². The number of nitrogens with one attached hydrogen (secondary N) is 1. The Balaban J connectivity index is 1.88. The highest BCUT2D eigenvalue weighted by Crippen LogP contribution is 2.32. The van der Waals surface area contributed by atoms with Gasteiger partial charge in [0.25, 0.3) is 0 Å². The zero-order valence-corrected chi connectivity index (χ0v) is 12.0. The second kappa shape index (κ2) is 5.53. The van der Waals surface area contributed by atoms with Gasteiger partial charge in [-0.15, -0.1) is 0 Å². The van der Waals surface area contributed by atoms with Gasteiger partial charge in [0.1, 0.15) is 0 Å². The number of hydrogen-bond acceptors (Lipinski definition) is 2. The van der Waals surface area contributed by atoms with Gasteiger partial charge in [0.15, 0.2) is 5.65 Å². The lowest BCUT2D eigenvalue weighted by Gasteiger charge is -2.07. The lowest BCUT2D eigenvalue weighted by Crippen LogP contribution is -2.06. The lowest BCUT2D eigenvalue weighted by molar-refractivity contribution is -0.137. The van der Waals surface area contributed by atoms with Gasteiger partial charge in [-0.1, -0.05) is 29.8 Å². The molecule has 0 radical (unpaired) electrons. The van der Waals surface area contributed by atoms with Crippen LogP contribution in [0.1, 0.15) is 11.3 Å². The van der Waals surface area contributed by atoms with Crippen molar-refractivity contribution >= 4 is 22.9 Å². The third-order valence-corrected chi connectivity index (χ3v) is 3.41. The van der Waals surface area contributed by atoms with Crippen LogP contribution >= 0.6 is 11.6 Å². The predicted molar refractivity (Wildman–Crippen MR) is 79.0 cm³/mol. The first-order chi connectivity index (χ1) is 10.4. The van der Waals surface area contributed by atoms with Crippen LogP contribution in [-0.2, 0) is 12.7 Å². The van der Waals surface area contributed by atoms with Crippen LogP contribution in [0.4, 0.5) is 18.9 Å². The van der Waals surface area contributed by atoms with E-state index >= 15 is 0 Å². The molecule has 0 spiro atoms. The van der Waals surface area contributed by atoms with Crippen LogP contribution in [0.2, 0.25) is 5.02 Å². The first-order valence-electron chi connectivity index (χ1n) is 6.47. The average Bonchev–Trinajstić information content (AvgIpc) is 2.89. The van der Waals surface area contributed by atoms with Gasteiger partial charge in [-0.05, 0) is 18.2 Å². The predicted octanol–water partition coefficient (Wildman–Crippen LogP) is 4.62. The van der Waals surface area contributed by atoms with Crippen LogP contribution in [0.15, 0.2) is 48.8 Å². The molecular formula is C15H11ClF3N3. The summed E-state index contributed by atoms with van der Waals surface area (Å²) in [5.74, 6) is 0. The minimum absolute atomic E-state index is 0.0270. The van der Waals surface area contributed by atoms with Gasteiger partial charge in [-0.2, -0.15) is 13.2 Å². The second-order valence-corrected chi connectivity index (χ2v) is 5.16. The van der Waals surface area contributed by atoms with E-state index in [-0.39, 0.29) is 5.02 Å². The normalized spacial score (nSPS) is 11.8. The Labute approximate surface area is 129 Å². The van der Waals surface area contributed by atoms with Crippen molar-refractivity contribution in [3.05, 3.63) is 65.1 Å². The molecule has 1 N–H and O–H groups in total. The molecule has 3 nitrogen and oxygen atoms in total. The molecule has 0 saturated carbocycles. The molecule has 0 saturated heterocycles. The summed E-state index contributed by atoms with van der Waals surface area (Å²) in [6.45, 7) is 0.392. The fraction of sp³-hybridized carbons (Fsp3) is 0.133. The fourth-order valence-corrected chi connectivity index (χ4v) is 2.35. The van der Waals surface area contributed by atoms with Gasteiger partial charge in [0, 0.05) is 18.1 Å². The highest BCUT2D eigenvalue weighted by atomic mass is 35.5. The maximum Gasteiger partial charge on any atom is 0.417 e. The molecule has 1 aromatic carbocycles. The molecule has 7 heteroatoms. The number of pyridine rings is 1. The van der Waals surface area contributed by atoms with Gasteiger partial charge in [0.05, 0.1) is 22.8 Å². The van der Waals surface area contributed by atoms with E-state index in [2.05, 4.69) is 10.3 Å². The van der Waals surface area contributed by atoms with E-state index < -0.39 is 11.7 Å². The second-order valence-electron chi connectivity index (χ2n) is 4.76. The Morgan fingerprint density at radius 1 is 1.14 bits per heavy atom. The van der Waals surface area contributed by atoms with Crippen molar-refractivity contribution in [3.63, 3.8) is 0 Å². The van der Waals surface area contributed by atoms with Crippen molar-refractivity contribution in [3.8, 4) is 0 Å². The zero-order valence-electron chi connectivity index (χ0n) is 11.2. The molecule has 22 heavy (non-hydrogen) atoms. The van der Waals surface area contributed by atoms with E-state index in [0.29, 0.717) is 17.9 Å². The topological polar surface area (TPSA) is 29.3 Å². The summed E-state index contributed by atoms with van der Waals surface area (Å²) < 4.78 is 39.6. The molecule has 3 rings (SSSR count). The van der Waals surface area contributed by atoms with E-state index in [1.54, 1.807) is 0 Å². The number of para-hydroxylation sites is 1. The molecule has 2 heterocycles. The van der Waals surface area contributed by atoms with Crippen molar-refractivity contribution in [2.75, 3.05) is 5.32 Å². The zero-order chi connectivity index (χ0) is 15.7. The first-order valence-corrected chi connectivity index (χ1v) is 6.84. The van der Waals surface area contributed by atoms with Gasteiger partial charge in [-0.3, -0.25) is 0 Å². The molecule has 114 valence electrons. The summed E-state index contributed by atoms with van der Waals surface area (Å²) in [5.41, 5.74) is 1.01. The number of fused-ring (bicyclic) bond motifs is 1. The van der Waals surface area contributed by atoms with E-state index in [9.17, 15) is 13.2 Å². The van der Waals surface area contributed by atoms with Gasteiger partial charge in [-0.25, -0.2) is 4.98 Å². The fourth-order valence-electron chi connectivity index (χ4n) is 2.10. The molecule has 3 aromatic rings. The maximum atomic E-state index is 12.8. The number of halogens is 4. The van der Waals surface area contributed by atoms with Crippen LogP contribution < -0.4 is 5.32 Å². The van der Waals surface area contributed by atoms with Crippen LogP contribution in [0.5, 0.6) is 0 Å². The molecular weight excluding hydrogens is 315 g/mol. The quantitative estimate of drug-likeness (QED) is 0.761.